The lowest BCUT2D eigenvalue weighted by molar-refractivity contribution is 0.713. The summed E-state index contributed by atoms with van der Waals surface area (Å²) in [6.45, 7) is 1.57. The lowest BCUT2D eigenvalue weighted by Crippen LogP contribution is -2.21. The minimum absolute atomic E-state index is 0.0303. The van der Waals surface area contributed by atoms with Gasteiger partial charge in [-0.05, 0) is 18.4 Å². The van der Waals surface area contributed by atoms with Gasteiger partial charge in [0.2, 0.25) is 0 Å². The summed E-state index contributed by atoms with van der Waals surface area (Å²) in [4.78, 5) is 16.2. The van der Waals surface area contributed by atoms with Gasteiger partial charge in [-0.15, -0.1) is 0 Å². The molecule has 0 unspecified atom stereocenters. The molecule has 0 radical (unpaired) electrons. The molecule has 0 amide bonds. The van der Waals surface area contributed by atoms with Crippen molar-refractivity contribution >= 4 is 17.4 Å². The molecular weight excluding hydrogens is 234 g/mol. The van der Waals surface area contributed by atoms with Crippen molar-refractivity contribution < 1.29 is 0 Å². The number of hydrogen-bond acceptors (Lipinski definition) is 4. The van der Waals surface area contributed by atoms with Gasteiger partial charge in [-0.1, -0.05) is 6.07 Å². The lowest BCUT2D eigenvalue weighted by Gasteiger charge is -2.05. The molecule has 0 atom stereocenters. The first-order valence-corrected chi connectivity index (χ1v) is 6.87. The Morgan fingerprint density at radius 3 is 3.18 bits per heavy atom. The van der Waals surface area contributed by atoms with Crippen molar-refractivity contribution in [2.75, 3.05) is 18.6 Å². The van der Waals surface area contributed by atoms with Crippen LogP contribution in [0.1, 0.15) is 5.69 Å². The Morgan fingerprint density at radius 2 is 2.35 bits per heavy atom. The summed E-state index contributed by atoms with van der Waals surface area (Å²) in [5.74, 6) is 1.06. The number of pyridine rings is 1. The average molecular weight is 249 g/mol. The molecule has 0 fully saturated rings. The highest BCUT2D eigenvalue weighted by atomic mass is 32.2. The number of nitrogens with zero attached hydrogens (tertiary/aromatic N) is 2. The summed E-state index contributed by atoms with van der Waals surface area (Å²) in [6.07, 6.45) is 3.80. The fraction of sp³-hybridized carbons (Fsp3) is 0.333. The van der Waals surface area contributed by atoms with E-state index in [0.29, 0.717) is 12.2 Å². The molecule has 0 saturated heterocycles. The van der Waals surface area contributed by atoms with Crippen LogP contribution in [0.5, 0.6) is 0 Å². The van der Waals surface area contributed by atoms with E-state index in [2.05, 4.69) is 16.6 Å². The fourth-order valence-corrected chi connectivity index (χ4v) is 1.93. The van der Waals surface area contributed by atoms with Crippen LogP contribution in [0, 0.1) is 0 Å². The van der Waals surface area contributed by atoms with Crippen LogP contribution in [0.25, 0.3) is 5.65 Å². The van der Waals surface area contributed by atoms with E-state index in [1.54, 1.807) is 28.4 Å². The van der Waals surface area contributed by atoms with Crippen LogP contribution in [0.3, 0.4) is 0 Å². The summed E-state index contributed by atoms with van der Waals surface area (Å²) in [6, 6.07) is 7.13. The third-order valence-electron chi connectivity index (χ3n) is 2.41. The molecule has 0 bridgehead atoms. The van der Waals surface area contributed by atoms with E-state index in [1.165, 1.54) is 0 Å². The Morgan fingerprint density at radius 1 is 1.47 bits per heavy atom. The molecule has 17 heavy (non-hydrogen) atoms. The zero-order chi connectivity index (χ0) is 12.1. The fourth-order valence-electron chi connectivity index (χ4n) is 1.58. The Balaban J connectivity index is 2.16. The van der Waals surface area contributed by atoms with Crippen LogP contribution in [0.4, 0.5) is 0 Å². The molecule has 4 nitrogen and oxygen atoms in total. The van der Waals surface area contributed by atoms with Crippen molar-refractivity contribution in [3.63, 3.8) is 0 Å². The Bertz CT molecular complexity index is 553. The van der Waals surface area contributed by atoms with Crippen molar-refractivity contribution in [2.24, 2.45) is 0 Å². The second-order valence-electron chi connectivity index (χ2n) is 3.68. The normalized spacial score (nSPS) is 10.9. The first-order chi connectivity index (χ1) is 8.31. The van der Waals surface area contributed by atoms with Gasteiger partial charge in [0, 0.05) is 31.1 Å². The van der Waals surface area contributed by atoms with E-state index >= 15 is 0 Å². The van der Waals surface area contributed by atoms with Gasteiger partial charge in [-0.25, -0.2) is 4.98 Å². The topological polar surface area (TPSA) is 46.4 Å². The van der Waals surface area contributed by atoms with Crippen LogP contribution in [-0.2, 0) is 6.54 Å². The summed E-state index contributed by atoms with van der Waals surface area (Å²) in [5.41, 5.74) is 1.46. The summed E-state index contributed by atoms with van der Waals surface area (Å²) >= 11 is 1.79. The van der Waals surface area contributed by atoms with Gasteiger partial charge in [-0.3, -0.25) is 9.20 Å². The molecule has 5 heteroatoms. The van der Waals surface area contributed by atoms with Crippen molar-refractivity contribution in [3.05, 3.63) is 46.5 Å². The number of aromatic nitrogens is 2. The number of fused-ring (bicyclic) bond motifs is 1. The quantitative estimate of drug-likeness (QED) is 0.807. The first kappa shape index (κ1) is 12.1. The van der Waals surface area contributed by atoms with Gasteiger partial charge in [0.15, 0.2) is 0 Å². The predicted octanol–water partition coefficient (Wildman–Crippen LogP) is 1.15. The highest BCUT2D eigenvalue weighted by Crippen LogP contribution is 1.98. The Kier molecular flexibility index (Phi) is 4.17. The molecule has 0 aromatic carbocycles. The SMILES string of the molecule is CSCCNCc1cc(=O)n2ccccc2n1. The Hall–Kier alpha value is -1.33. The molecule has 0 aliphatic heterocycles. The largest absolute Gasteiger partial charge is 0.310 e. The minimum atomic E-state index is -0.0303. The molecule has 2 heterocycles. The predicted molar refractivity (Wildman–Crippen MR) is 71.6 cm³/mol. The smallest absolute Gasteiger partial charge is 0.258 e. The van der Waals surface area contributed by atoms with Crippen molar-refractivity contribution in [1.29, 1.82) is 0 Å². The maximum Gasteiger partial charge on any atom is 0.258 e. The summed E-state index contributed by atoms with van der Waals surface area (Å²) in [7, 11) is 0. The first-order valence-electron chi connectivity index (χ1n) is 5.48. The van der Waals surface area contributed by atoms with Gasteiger partial charge in [0.05, 0.1) is 5.69 Å². The molecule has 2 rings (SSSR count). The van der Waals surface area contributed by atoms with Gasteiger partial charge in [0.1, 0.15) is 5.65 Å². The van der Waals surface area contributed by atoms with Crippen LogP contribution in [0.2, 0.25) is 0 Å². The minimum Gasteiger partial charge on any atom is -0.310 e. The van der Waals surface area contributed by atoms with Gasteiger partial charge < -0.3 is 5.32 Å². The van der Waals surface area contributed by atoms with E-state index in [1.807, 2.05) is 18.2 Å². The maximum atomic E-state index is 11.8. The number of rotatable bonds is 5. The molecule has 90 valence electrons. The second-order valence-corrected chi connectivity index (χ2v) is 4.67. The zero-order valence-electron chi connectivity index (χ0n) is 9.72. The van der Waals surface area contributed by atoms with Crippen LogP contribution in [-0.4, -0.2) is 27.9 Å². The summed E-state index contributed by atoms with van der Waals surface area (Å²) in [5, 5.41) is 3.26. The number of hydrogen-bond donors (Lipinski definition) is 1. The average Bonchev–Trinajstić information content (AvgIpc) is 2.35. The summed E-state index contributed by atoms with van der Waals surface area (Å²) < 4.78 is 1.55. The van der Waals surface area contributed by atoms with Gasteiger partial charge in [0.25, 0.3) is 5.56 Å². The highest BCUT2D eigenvalue weighted by molar-refractivity contribution is 7.98. The zero-order valence-corrected chi connectivity index (χ0v) is 10.5. The van der Waals surface area contributed by atoms with E-state index in [0.717, 1.165) is 18.0 Å². The van der Waals surface area contributed by atoms with Crippen molar-refractivity contribution in [2.45, 2.75) is 6.54 Å². The highest BCUT2D eigenvalue weighted by Gasteiger charge is 2.00. The molecule has 0 spiro atoms. The standard InChI is InChI=1S/C12H15N3OS/c1-17-7-5-13-9-10-8-12(16)15-6-3-2-4-11(15)14-10/h2-4,6,8,13H,5,7,9H2,1H3. The Labute approximate surface area is 104 Å². The third kappa shape index (κ3) is 3.08. The van der Waals surface area contributed by atoms with Gasteiger partial charge >= 0.3 is 0 Å². The van der Waals surface area contributed by atoms with E-state index in [-0.39, 0.29) is 5.56 Å². The van der Waals surface area contributed by atoms with E-state index in [9.17, 15) is 4.79 Å². The van der Waals surface area contributed by atoms with Crippen LogP contribution < -0.4 is 10.9 Å². The molecule has 0 saturated carbocycles. The molecule has 0 aliphatic carbocycles. The second kappa shape index (κ2) is 5.84. The van der Waals surface area contributed by atoms with Crippen LogP contribution >= 0.6 is 11.8 Å². The molecule has 0 aliphatic rings. The molecular formula is C12H15N3OS. The van der Waals surface area contributed by atoms with E-state index in [4.69, 9.17) is 0 Å². The van der Waals surface area contributed by atoms with Crippen molar-refractivity contribution in [3.8, 4) is 0 Å². The van der Waals surface area contributed by atoms with Crippen LogP contribution in [0.15, 0.2) is 35.3 Å². The molecule has 1 N–H and O–H groups in total. The maximum absolute atomic E-state index is 11.8. The monoisotopic (exact) mass is 249 g/mol. The van der Waals surface area contributed by atoms with Gasteiger partial charge in [-0.2, -0.15) is 11.8 Å². The molecule has 2 aromatic rings. The number of thioether (sulfide) groups is 1. The van der Waals surface area contributed by atoms with E-state index < -0.39 is 0 Å². The molecule has 2 aromatic heterocycles. The van der Waals surface area contributed by atoms with Crippen molar-refractivity contribution in [1.82, 2.24) is 14.7 Å². The lowest BCUT2D eigenvalue weighted by atomic mass is 10.3. The number of nitrogens with one attached hydrogen (secondary N) is 1. The third-order valence-corrected chi connectivity index (χ3v) is 3.03.